The van der Waals surface area contributed by atoms with E-state index in [1.54, 1.807) is 0 Å². The van der Waals surface area contributed by atoms with Crippen LogP contribution >= 0.6 is 22.6 Å². The minimum atomic E-state index is 0. The second kappa shape index (κ2) is 7.72. The van der Waals surface area contributed by atoms with E-state index >= 15 is 0 Å². The molecule has 0 atom stereocenters. The summed E-state index contributed by atoms with van der Waals surface area (Å²) in [4.78, 5) is 12.6. The van der Waals surface area contributed by atoms with E-state index in [4.69, 9.17) is 0 Å². The topological polar surface area (TPSA) is 35.2 Å². The summed E-state index contributed by atoms with van der Waals surface area (Å²) in [7, 11) is 0. The van der Waals surface area contributed by atoms with Gasteiger partial charge in [0.1, 0.15) is 5.65 Å². The molecule has 1 N–H and O–H groups in total. The number of nitrogens with zero attached hydrogens (tertiary/aromatic N) is 3. The summed E-state index contributed by atoms with van der Waals surface area (Å²) in [5.41, 5.74) is 3.66. The lowest BCUT2D eigenvalue weighted by Gasteiger charge is -2.36. The van der Waals surface area contributed by atoms with Crippen LogP contribution in [0.5, 0.6) is 0 Å². The van der Waals surface area contributed by atoms with Crippen LogP contribution in [0.3, 0.4) is 0 Å². The molecule has 0 radical (unpaired) electrons. The number of benzene rings is 1. The number of hydrogen-bond donors (Lipinski definition) is 1. The lowest BCUT2D eigenvalue weighted by atomic mass is 10.2. The number of fused-ring (bicyclic) bond motifs is 1. The van der Waals surface area contributed by atoms with Crippen molar-refractivity contribution in [2.45, 2.75) is 6.54 Å². The number of aromatic amines is 1. The summed E-state index contributed by atoms with van der Waals surface area (Å²) in [6.45, 7) is 5.35. The Balaban J connectivity index is 0.00000169. The third-order valence-corrected chi connectivity index (χ3v) is 5.21. The van der Waals surface area contributed by atoms with Crippen LogP contribution in [0, 0.1) is 3.57 Å². The predicted octanol–water partition coefficient (Wildman–Crippen LogP) is 0.494. The van der Waals surface area contributed by atoms with Crippen LogP contribution < -0.4 is 17.3 Å². The highest BCUT2D eigenvalue weighted by Crippen LogP contribution is 2.21. The Hall–Kier alpha value is -1.31. The molecule has 2 aromatic heterocycles. The molecule has 0 bridgehead atoms. The van der Waals surface area contributed by atoms with Crippen molar-refractivity contribution < 1.29 is 12.4 Å². The number of piperazine rings is 1. The van der Waals surface area contributed by atoms with E-state index in [0.717, 1.165) is 38.4 Å². The molecular weight excluding hydrogens is 435 g/mol. The zero-order chi connectivity index (χ0) is 15.6. The maximum absolute atomic E-state index is 4.37. The van der Waals surface area contributed by atoms with Gasteiger partial charge in [-0.2, -0.15) is 0 Å². The number of anilines is 1. The summed E-state index contributed by atoms with van der Waals surface area (Å²) in [5, 5.41) is 1.24. The summed E-state index contributed by atoms with van der Waals surface area (Å²) in [6, 6.07) is 13.0. The molecule has 0 spiro atoms. The molecule has 4 rings (SSSR count). The highest BCUT2D eigenvalue weighted by molar-refractivity contribution is 14.1. The van der Waals surface area contributed by atoms with Crippen LogP contribution in [0.2, 0.25) is 0 Å². The fourth-order valence-electron chi connectivity index (χ4n) is 3.20. The van der Waals surface area contributed by atoms with Crippen LogP contribution in [0.25, 0.3) is 11.0 Å². The normalized spacial score (nSPS) is 15.5. The van der Waals surface area contributed by atoms with Crippen LogP contribution in [-0.2, 0) is 6.54 Å². The van der Waals surface area contributed by atoms with Crippen LogP contribution in [0.4, 0.5) is 5.69 Å². The van der Waals surface area contributed by atoms with Crippen molar-refractivity contribution in [1.82, 2.24) is 14.9 Å². The van der Waals surface area contributed by atoms with Crippen LogP contribution in [-0.4, -0.2) is 41.0 Å². The summed E-state index contributed by atoms with van der Waals surface area (Å²) in [5.74, 6) is 0. The molecule has 1 fully saturated rings. The SMILES string of the molecule is Ic1ccc(N2CCN(Cc3c[nH]c4ncccc34)CC2)cc1.[Cl-]. The molecule has 4 nitrogen and oxygen atoms in total. The van der Waals surface area contributed by atoms with Crippen LogP contribution in [0.1, 0.15) is 5.56 Å². The van der Waals surface area contributed by atoms with Crippen molar-refractivity contribution in [2.24, 2.45) is 0 Å². The van der Waals surface area contributed by atoms with Crippen LogP contribution in [0.15, 0.2) is 48.8 Å². The average Bonchev–Trinajstić information content (AvgIpc) is 3.00. The quantitative estimate of drug-likeness (QED) is 0.587. The number of aromatic nitrogens is 2. The average molecular weight is 454 g/mol. The highest BCUT2D eigenvalue weighted by atomic mass is 127. The molecule has 3 aromatic rings. The van der Waals surface area contributed by atoms with E-state index in [9.17, 15) is 0 Å². The third kappa shape index (κ3) is 3.68. The van der Waals surface area contributed by atoms with E-state index in [0.29, 0.717) is 0 Å². The van der Waals surface area contributed by atoms with Gasteiger partial charge in [0, 0.05) is 59.8 Å². The monoisotopic (exact) mass is 453 g/mol. The van der Waals surface area contributed by atoms with Crippen molar-refractivity contribution in [1.29, 1.82) is 0 Å². The van der Waals surface area contributed by atoms with Gasteiger partial charge in [-0.05, 0) is 64.6 Å². The van der Waals surface area contributed by atoms with E-state index in [2.05, 4.69) is 78.9 Å². The molecule has 6 heteroatoms. The van der Waals surface area contributed by atoms with E-state index in [1.807, 2.05) is 12.3 Å². The Bertz CT molecular complexity index is 794. The third-order valence-electron chi connectivity index (χ3n) is 4.49. The van der Waals surface area contributed by atoms with Gasteiger partial charge in [-0.25, -0.2) is 4.98 Å². The first-order valence-electron chi connectivity index (χ1n) is 7.93. The van der Waals surface area contributed by atoms with E-state index in [1.165, 1.54) is 20.2 Å². The van der Waals surface area contributed by atoms with Gasteiger partial charge in [-0.3, -0.25) is 4.90 Å². The van der Waals surface area contributed by atoms with E-state index < -0.39 is 0 Å². The number of nitrogens with one attached hydrogen (secondary N) is 1. The second-order valence-electron chi connectivity index (χ2n) is 5.95. The van der Waals surface area contributed by atoms with Crippen molar-refractivity contribution in [3.05, 3.63) is 57.9 Å². The molecule has 0 saturated carbocycles. The molecule has 126 valence electrons. The Morgan fingerprint density at radius 2 is 1.79 bits per heavy atom. The van der Waals surface area contributed by atoms with Gasteiger partial charge in [-0.15, -0.1) is 0 Å². The lowest BCUT2D eigenvalue weighted by Crippen LogP contribution is -3.00. The van der Waals surface area contributed by atoms with Crippen molar-refractivity contribution in [3.63, 3.8) is 0 Å². The molecule has 3 heterocycles. The first kappa shape index (κ1) is 17.5. The predicted molar refractivity (Wildman–Crippen MR) is 103 cm³/mol. The first-order valence-corrected chi connectivity index (χ1v) is 9.01. The van der Waals surface area contributed by atoms with Gasteiger partial charge < -0.3 is 22.3 Å². The Morgan fingerprint density at radius 1 is 1.04 bits per heavy atom. The molecular formula is C18H19ClIN4-. The summed E-state index contributed by atoms with van der Waals surface area (Å²) < 4.78 is 1.29. The molecule has 0 unspecified atom stereocenters. The Kier molecular flexibility index (Phi) is 5.63. The van der Waals surface area contributed by atoms with E-state index in [-0.39, 0.29) is 12.4 Å². The molecule has 1 aliphatic heterocycles. The lowest BCUT2D eigenvalue weighted by molar-refractivity contribution is -0.00000452. The number of hydrogen-bond acceptors (Lipinski definition) is 3. The minimum absolute atomic E-state index is 0. The van der Waals surface area contributed by atoms with Gasteiger partial charge in [0.2, 0.25) is 0 Å². The van der Waals surface area contributed by atoms with Crippen molar-refractivity contribution in [2.75, 3.05) is 31.1 Å². The highest BCUT2D eigenvalue weighted by Gasteiger charge is 2.18. The Labute approximate surface area is 161 Å². The zero-order valence-corrected chi connectivity index (χ0v) is 16.2. The zero-order valence-electron chi connectivity index (χ0n) is 13.3. The smallest absolute Gasteiger partial charge is 0.137 e. The molecule has 0 aliphatic carbocycles. The number of H-pyrrole nitrogens is 1. The van der Waals surface area contributed by atoms with Gasteiger partial charge in [0.15, 0.2) is 0 Å². The van der Waals surface area contributed by atoms with Crippen molar-refractivity contribution in [3.8, 4) is 0 Å². The fourth-order valence-corrected chi connectivity index (χ4v) is 3.56. The fraction of sp³-hybridized carbons (Fsp3) is 0.278. The molecule has 1 aromatic carbocycles. The maximum atomic E-state index is 4.37. The first-order chi connectivity index (χ1) is 11.3. The summed E-state index contributed by atoms with van der Waals surface area (Å²) >= 11 is 2.35. The largest absolute Gasteiger partial charge is 1.00 e. The van der Waals surface area contributed by atoms with Gasteiger partial charge in [0.05, 0.1) is 0 Å². The molecule has 1 saturated heterocycles. The standard InChI is InChI=1S/C18H19IN4.ClH/c19-15-3-5-16(6-4-15)23-10-8-22(9-11-23)13-14-12-21-18-17(14)2-1-7-20-18;/h1-7,12H,8-11,13H2,(H,20,21);1H/p-1. The minimum Gasteiger partial charge on any atom is -1.00 e. The Morgan fingerprint density at radius 3 is 2.54 bits per heavy atom. The van der Waals surface area contributed by atoms with Crippen molar-refractivity contribution >= 4 is 39.3 Å². The number of rotatable bonds is 3. The van der Waals surface area contributed by atoms with Gasteiger partial charge in [-0.1, -0.05) is 0 Å². The second-order valence-corrected chi connectivity index (χ2v) is 7.20. The van der Waals surface area contributed by atoms with Gasteiger partial charge in [0.25, 0.3) is 0 Å². The van der Waals surface area contributed by atoms with Gasteiger partial charge >= 0.3 is 0 Å². The summed E-state index contributed by atoms with van der Waals surface area (Å²) in [6.07, 6.45) is 3.94. The number of halogens is 2. The molecule has 0 amide bonds. The number of pyridine rings is 1. The maximum Gasteiger partial charge on any atom is 0.137 e. The molecule has 24 heavy (non-hydrogen) atoms. The molecule has 1 aliphatic rings.